The zero-order valence-corrected chi connectivity index (χ0v) is 11.5. The molecule has 0 radical (unpaired) electrons. The normalized spacial score (nSPS) is 14.4. The van der Waals surface area contributed by atoms with Crippen LogP contribution < -0.4 is 5.32 Å². The summed E-state index contributed by atoms with van der Waals surface area (Å²) in [5.74, 6) is 1.52. The van der Waals surface area contributed by atoms with Crippen molar-refractivity contribution in [3.05, 3.63) is 52.7 Å². The van der Waals surface area contributed by atoms with E-state index in [-0.39, 0.29) is 12.1 Å². The minimum Gasteiger partial charge on any atom is -0.444 e. The highest BCUT2D eigenvalue weighted by molar-refractivity contribution is 6.31. The van der Waals surface area contributed by atoms with Crippen LogP contribution in [-0.4, -0.2) is 4.98 Å². The van der Waals surface area contributed by atoms with Gasteiger partial charge in [-0.3, -0.25) is 5.32 Å². The summed E-state index contributed by atoms with van der Waals surface area (Å²) in [5, 5.41) is 4.20. The van der Waals surface area contributed by atoms with Gasteiger partial charge in [-0.25, -0.2) is 4.98 Å². The summed E-state index contributed by atoms with van der Waals surface area (Å²) in [6.45, 7) is 5.99. The molecule has 1 aromatic carbocycles. The number of rotatable bonds is 4. The summed E-state index contributed by atoms with van der Waals surface area (Å²) in [5.41, 5.74) is 1.08. The Balaban J connectivity index is 2.08. The van der Waals surface area contributed by atoms with Crippen LogP contribution in [0.15, 0.2) is 34.9 Å². The minimum atomic E-state index is 0.0463. The summed E-state index contributed by atoms with van der Waals surface area (Å²) in [6, 6.07) is 8.02. The number of halogens is 1. The van der Waals surface area contributed by atoms with Gasteiger partial charge in [0.1, 0.15) is 5.76 Å². The number of nitrogens with zero attached hydrogens (tertiary/aromatic N) is 1. The van der Waals surface area contributed by atoms with Crippen LogP contribution in [0.5, 0.6) is 0 Å². The average Bonchev–Trinajstić information content (AvgIpc) is 2.76. The maximum atomic E-state index is 6.17. The third-order valence-electron chi connectivity index (χ3n) is 2.88. The zero-order valence-electron chi connectivity index (χ0n) is 10.8. The number of aromatic nitrogens is 1. The van der Waals surface area contributed by atoms with Crippen molar-refractivity contribution >= 4 is 11.6 Å². The molecule has 96 valence electrons. The molecule has 0 bridgehead atoms. The van der Waals surface area contributed by atoms with Gasteiger partial charge in [-0.05, 0) is 32.4 Å². The number of nitrogens with one attached hydrogen (secondary N) is 1. The number of aryl methyl sites for hydroxylation is 1. The fourth-order valence-corrected chi connectivity index (χ4v) is 2.23. The van der Waals surface area contributed by atoms with Crippen molar-refractivity contribution in [3.63, 3.8) is 0 Å². The highest BCUT2D eigenvalue weighted by atomic mass is 35.5. The van der Waals surface area contributed by atoms with Crippen molar-refractivity contribution in [2.45, 2.75) is 32.9 Å². The second-order valence-corrected chi connectivity index (χ2v) is 4.85. The topological polar surface area (TPSA) is 38.1 Å². The lowest BCUT2D eigenvalue weighted by Crippen LogP contribution is -2.22. The molecule has 2 rings (SSSR count). The van der Waals surface area contributed by atoms with E-state index in [0.29, 0.717) is 5.89 Å². The van der Waals surface area contributed by atoms with Gasteiger partial charge in [-0.15, -0.1) is 0 Å². The van der Waals surface area contributed by atoms with E-state index in [1.54, 1.807) is 6.20 Å². The molecule has 0 spiro atoms. The first-order chi connectivity index (χ1) is 8.58. The lowest BCUT2D eigenvalue weighted by Gasteiger charge is -2.19. The number of benzene rings is 1. The third-order valence-corrected chi connectivity index (χ3v) is 3.23. The summed E-state index contributed by atoms with van der Waals surface area (Å²) in [4.78, 5) is 4.22. The highest BCUT2D eigenvalue weighted by Crippen LogP contribution is 2.24. The summed E-state index contributed by atoms with van der Waals surface area (Å²) in [6.07, 6.45) is 1.73. The summed E-state index contributed by atoms with van der Waals surface area (Å²) in [7, 11) is 0. The van der Waals surface area contributed by atoms with E-state index in [1.807, 2.05) is 38.1 Å². The van der Waals surface area contributed by atoms with E-state index >= 15 is 0 Å². The van der Waals surface area contributed by atoms with Crippen LogP contribution >= 0.6 is 11.6 Å². The van der Waals surface area contributed by atoms with Crippen LogP contribution in [0.1, 0.15) is 43.1 Å². The summed E-state index contributed by atoms with van der Waals surface area (Å²) >= 11 is 6.17. The Labute approximate surface area is 112 Å². The van der Waals surface area contributed by atoms with Crippen molar-refractivity contribution < 1.29 is 4.42 Å². The van der Waals surface area contributed by atoms with Crippen molar-refractivity contribution in [3.8, 4) is 0 Å². The van der Waals surface area contributed by atoms with Gasteiger partial charge in [-0.2, -0.15) is 0 Å². The monoisotopic (exact) mass is 264 g/mol. The fraction of sp³-hybridized carbons (Fsp3) is 0.357. The van der Waals surface area contributed by atoms with E-state index in [2.05, 4.69) is 17.2 Å². The smallest absolute Gasteiger partial charge is 0.211 e. The molecule has 4 heteroatoms. The predicted octanol–water partition coefficient (Wildman–Crippen LogP) is 4.05. The Hall–Kier alpha value is -1.32. The van der Waals surface area contributed by atoms with E-state index in [4.69, 9.17) is 16.0 Å². The Morgan fingerprint density at radius 3 is 2.56 bits per heavy atom. The van der Waals surface area contributed by atoms with Crippen LogP contribution in [0.4, 0.5) is 0 Å². The van der Waals surface area contributed by atoms with Gasteiger partial charge in [0.15, 0.2) is 0 Å². The quantitative estimate of drug-likeness (QED) is 0.905. The Morgan fingerprint density at radius 2 is 1.94 bits per heavy atom. The standard InChI is InChI=1S/C14H17ClN2O/c1-9-8-16-14(18-9)11(3)17-10(2)12-6-4-5-7-13(12)15/h4-8,10-11,17H,1-3H3. The maximum absolute atomic E-state index is 6.17. The number of hydrogen-bond acceptors (Lipinski definition) is 3. The Bertz CT molecular complexity index is 524. The minimum absolute atomic E-state index is 0.0463. The van der Waals surface area contributed by atoms with Crippen LogP contribution in [0, 0.1) is 6.92 Å². The molecule has 2 atom stereocenters. The predicted molar refractivity (Wildman–Crippen MR) is 72.7 cm³/mol. The van der Waals surface area contributed by atoms with Crippen molar-refractivity contribution in [2.24, 2.45) is 0 Å². The summed E-state index contributed by atoms with van der Waals surface area (Å²) < 4.78 is 5.51. The molecule has 0 aliphatic heterocycles. The lowest BCUT2D eigenvalue weighted by atomic mass is 10.1. The van der Waals surface area contributed by atoms with Gasteiger partial charge in [0.25, 0.3) is 0 Å². The number of hydrogen-bond donors (Lipinski definition) is 1. The highest BCUT2D eigenvalue weighted by Gasteiger charge is 2.16. The van der Waals surface area contributed by atoms with E-state index < -0.39 is 0 Å². The number of oxazole rings is 1. The second kappa shape index (κ2) is 5.55. The molecule has 2 aromatic rings. The van der Waals surface area contributed by atoms with Gasteiger partial charge >= 0.3 is 0 Å². The molecule has 1 N–H and O–H groups in total. The third kappa shape index (κ3) is 2.92. The van der Waals surface area contributed by atoms with Crippen LogP contribution in [0.3, 0.4) is 0 Å². The van der Waals surface area contributed by atoms with Crippen LogP contribution in [0.25, 0.3) is 0 Å². The lowest BCUT2D eigenvalue weighted by molar-refractivity contribution is 0.380. The Kier molecular flexibility index (Phi) is 4.04. The first-order valence-electron chi connectivity index (χ1n) is 6.00. The molecular formula is C14H17ClN2O. The molecule has 0 amide bonds. The van der Waals surface area contributed by atoms with Crippen molar-refractivity contribution in [1.29, 1.82) is 0 Å². The van der Waals surface area contributed by atoms with Gasteiger partial charge in [0.2, 0.25) is 5.89 Å². The Morgan fingerprint density at radius 1 is 1.22 bits per heavy atom. The van der Waals surface area contributed by atoms with Crippen LogP contribution in [0.2, 0.25) is 5.02 Å². The van der Waals surface area contributed by atoms with Crippen molar-refractivity contribution in [1.82, 2.24) is 10.3 Å². The average molecular weight is 265 g/mol. The molecule has 2 unspecified atom stereocenters. The molecule has 0 saturated heterocycles. The molecule has 18 heavy (non-hydrogen) atoms. The maximum Gasteiger partial charge on any atom is 0.211 e. The van der Waals surface area contributed by atoms with Crippen molar-refractivity contribution in [2.75, 3.05) is 0 Å². The van der Waals surface area contributed by atoms with Crippen LogP contribution in [-0.2, 0) is 0 Å². The molecule has 0 aliphatic rings. The molecule has 3 nitrogen and oxygen atoms in total. The van der Waals surface area contributed by atoms with E-state index in [9.17, 15) is 0 Å². The SMILES string of the molecule is Cc1cnc(C(C)NC(C)c2ccccc2Cl)o1. The largest absolute Gasteiger partial charge is 0.444 e. The molecule has 0 saturated carbocycles. The fourth-order valence-electron chi connectivity index (χ4n) is 1.93. The zero-order chi connectivity index (χ0) is 13.1. The first kappa shape index (κ1) is 13.1. The molecule has 1 aromatic heterocycles. The van der Waals surface area contributed by atoms with Gasteiger partial charge < -0.3 is 4.42 Å². The molecular weight excluding hydrogens is 248 g/mol. The van der Waals surface area contributed by atoms with Gasteiger partial charge in [0, 0.05) is 11.1 Å². The molecule has 1 heterocycles. The van der Waals surface area contributed by atoms with Gasteiger partial charge in [-0.1, -0.05) is 29.8 Å². The first-order valence-corrected chi connectivity index (χ1v) is 6.38. The second-order valence-electron chi connectivity index (χ2n) is 4.44. The van der Waals surface area contributed by atoms with E-state index in [1.165, 1.54) is 0 Å². The van der Waals surface area contributed by atoms with Gasteiger partial charge in [0.05, 0.1) is 12.2 Å². The molecule has 0 fully saturated rings. The molecule has 0 aliphatic carbocycles. The van der Waals surface area contributed by atoms with E-state index in [0.717, 1.165) is 16.3 Å².